The Morgan fingerprint density at radius 3 is 2.40 bits per heavy atom. The van der Waals surface area contributed by atoms with E-state index in [0.29, 0.717) is 0 Å². The molecule has 0 aromatic heterocycles. The van der Waals surface area contributed by atoms with E-state index in [1.165, 1.54) is 6.92 Å². The Bertz CT molecular complexity index is 93.7. The van der Waals surface area contributed by atoms with Gasteiger partial charge in [-0.15, -0.1) is 11.6 Å². The molecular formula is C5H11BClFO2. The molecule has 0 heterocycles. The molecule has 0 aromatic carbocycles. The van der Waals surface area contributed by atoms with Crippen molar-refractivity contribution in [2.75, 3.05) is 5.88 Å². The van der Waals surface area contributed by atoms with Crippen LogP contribution in [-0.4, -0.2) is 29.2 Å². The average molecular weight is 168 g/mol. The Kier molecular flexibility index (Phi) is 5.04. The van der Waals surface area contributed by atoms with E-state index in [4.69, 9.17) is 21.6 Å². The predicted molar refractivity (Wildman–Crippen MR) is 39.8 cm³/mol. The molecule has 2 atom stereocenters. The molecule has 5 heteroatoms. The Morgan fingerprint density at radius 1 is 1.60 bits per heavy atom. The van der Waals surface area contributed by atoms with Gasteiger partial charge in [-0.3, -0.25) is 0 Å². The van der Waals surface area contributed by atoms with Crippen molar-refractivity contribution in [2.24, 2.45) is 0 Å². The minimum Gasteiger partial charge on any atom is -0.427 e. The number of alkyl halides is 2. The predicted octanol–water partition coefficient (Wildman–Crippen LogP) is 0.816. The molecule has 0 amide bonds. The Labute approximate surface area is 65.1 Å². The van der Waals surface area contributed by atoms with Crippen LogP contribution in [0.25, 0.3) is 0 Å². The fraction of sp³-hybridized carbons (Fsp3) is 1.00. The van der Waals surface area contributed by atoms with E-state index >= 15 is 0 Å². The summed E-state index contributed by atoms with van der Waals surface area (Å²) in [4.78, 5) is 0. The summed E-state index contributed by atoms with van der Waals surface area (Å²) in [6.07, 6.45) is -1.06. The van der Waals surface area contributed by atoms with Gasteiger partial charge in [0.25, 0.3) is 0 Å². The highest BCUT2D eigenvalue weighted by Crippen LogP contribution is 2.18. The number of hydrogen-bond donors (Lipinski definition) is 2. The van der Waals surface area contributed by atoms with E-state index in [-0.39, 0.29) is 12.3 Å². The van der Waals surface area contributed by atoms with Gasteiger partial charge in [0, 0.05) is 11.7 Å². The lowest BCUT2D eigenvalue weighted by molar-refractivity contribution is 0.275. The number of hydrogen-bond acceptors (Lipinski definition) is 2. The maximum atomic E-state index is 12.6. The zero-order valence-electron chi connectivity index (χ0n) is 5.80. The van der Waals surface area contributed by atoms with Crippen LogP contribution in [0.1, 0.15) is 13.3 Å². The summed E-state index contributed by atoms with van der Waals surface area (Å²) < 4.78 is 12.6. The smallest absolute Gasteiger partial charge is 0.427 e. The summed E-state index contributed by atoms with van der Waals surface area (Å²) in [6, 6.07) is 0. The van der Waals surface area contributed by atoms with Crippen LogP contribution in [-0.2, 0) is 0 Å². The van der Waals surface area contributed by atoms with E-state index in [1.807, 2.05) is 0 Å². The monoisotopic (exact) mass is 168 g/mol. The van der Waals surface area contributed by atoms with Gasteiger partial charge in [-0.25, -0.2) is 4.39 Å². The van der Waals surface area contributed by atoms with Crippen molar-refractivity contribution in [1.82, 2.24) is 0 Å². The Morgan fingerprint density at radius 2 is 2.10 bits per heavy atom. The minimum absolute atomic E-state index is 0.167. The zero-order valence-corrected chi connectivity index (χ0v) is 6.55. The lowest BCUT2D eigenvalue weighted by Crippen LogP contribution is -2.25. The van der Waals surface area contributed by atoms with E-state index in [0.717, 1.165) is 0 Å². The van der Waals surface area contributed by atoms with Crippen LogP contribution in [0.4, 0.5) is 4.39 Å². The molecule has 60 valence electrons. The van der Waals surface area contributed by atoms with Crippen LogP contribution >= 0.6 is 11.6 Å². The van der Waals surface area contributed by atoms with Crippen molar-refractivity contribution in [1.29, 1.82) is 0 Å². The van der Waals surface area contributed by atoms with Crippen LogP contribution in [0.3, 0.4) is 0 Å². The van der Waals surface area contributed by atoms with Crippen molar-refractivity contribution in [2.45, 2.75) is 25.3 Å². The molecule has 0 spiro atoms. The third kappa shape index (κ3) is 3.39. The van der Waals surface area contributed by atoms with Crippen molar-refractivity contribution in [3.63, 3.8) is 0 Å². The van der Waals surface area contributed by atoms with Crippen molar-refractivity contribution in [3.8, 4) is 0 Å². The summed E-state index contributed by atoms with van der Waals surface area (Å²) in [6.45, 7) is 1.43. The molecule has 0 aromatic rings. The highest BCUT2D eigenvalue weighted by molar-refractivity contribution is 6.43. The van der Waals surface area contributed by atoms with Crippen molar-refractivity contribution < 1.29 is 14.4 Å². The summed E-state index contributed by atoms with van der Waals surface area (Å²) in [5.41, 5.74) is 0. The average Bonchev–Trinajstić information content (AvgIpc) is 1.87. The third-order valence-electron chi connectivity index (χ3n) is 1.43. The van der Waals surface area contributed by atoms with Gasteiger partial charge in [0.2, 0.25) is 0 Å². The molecule has 0 saturated carbocycles. The third-order valence-corrected chi connectivity index (χ3v) is 1.64. The second kappa shape index (κ2) is 4.94. The summed E-state index contributed by atoms with van der Waals surface area (Å²) in [7, 11) is -1.58. The maximum absolute atomic E-state index is 12.6. The highest BCUT2D eigenvalue weighted by Gasteiger charge is 2.26. The molecule has 2 N–H and O–H groups in total. The van der Waals surface area contributed by atoms with E-state index < -0.39 is 19.1 Å². The molecule has 0 saturated heterocycles. The molecule has 10 heavy (non-hydrogen) atoms. The molecule has 0 aliphatic heterocycles. The first kappa shape index (κ1) is 10.2. The SMILES string of the molecule is CC(B(O)O)[C@@H](F)CCCl. The van der Waals surface area contributed by atoms with Crippen LogP contribution < -0.4 is 0 Å². The number of rotatable bonds is 4. The van der Waals surface area contributed by atoms with Crippen LogP contribution in [0.5, 0.6) is 0 Å². The molecule has 0 aliphatic rings. The first-order valence-corrected chi connectivity index (χ1v) is 3.69. The fourth-order valence-corrected chi connectivity index (χ4v) is 0.762. The van der Waals surface area contributed by atoms with Gasteiger partial charge in [0.1, 0.15) is 6.17 Å². The highest BCUT2D eigenvalue weighted by atomic mass is 35.5. The zero-order chi connectivity index (χ0) is 8.15. The normalized spacial score (nSPS) is 16.5. The molecule has 0 bridgehead atoms. The maximum Gasteiger partial charge on any atom is 0.457 e. The molecule has 0 aliphatic carbocycles. The molecule has 0 rings (SSSR count). The Balaban J connectivity index is 3.58. The van der Waals surface area contributed by atoms with Gasteiger partial charge >= 0.3 is 7.12 Å². The second-order valence-corrected chi connectivity index (χ2v) is 2.64. The fourth-order valence-electron chi connectivity index (χ4n) is 0.554. The lowest BCUT2D eigenvalue weighted by Gasteiger charge is -2.13. The molecule has 0 radical (unpaired) electrons. The van der Waals surface area contributed by atoms with Crippen LogP contribution in [0, 0.1) is 0 Å². The van der Waals surface area contributed by atoms with Crippen LogP contribution in [0.2, 0.25) is 5.82 Å². The van der Waals surface area contributed by atoms with Gasteiger partial charge in [-0.05, 0) is 6.42 Å². The standard InChI is InChI=1S/C5H11BClFO2/c1-4(6(9)10)5(8)2-3-7/h4-5,9-10H,2-3H2,1H3/t4?,5-/m0/s1. The van der Waals surface area contributed by atoms with Gasteiger partial charge in [-0.2, -0.15) is 0 Å². The van der Waals surface area contributed by atoms with Crippen LogP contribution in [0.15, 0.2) is 0 Å². The van der Waals surface area contributed by atoms with Gasteiger partial charge in [-0.1, -0.05) is 6.92 Å². The topological polar surface area (TPSA) is 40.5 Å². The second-order valence-electron chi connectivity index (χ2n) is 2.27. The molecular weight excluding hydrogens is 157 g/mol. The minimum atomic E-state index is -1.58. The van der Waals surface area contributed by atoms with Gasteiger partial charge < -0.3 is 10.0 Å². The molecule has 1 unspecified atom stereocenters. The summed E-state index contributed by atoms with van der Waals surface area (Å²) >= 11 is 5.24. The van der Waals surface area contributed by atoms with E-state index in [1.54, 1.807) is 0 Å². The van der Waals surface area contributed by atoms with Gasteiger partial charge in [0.15, 0.2) is 0 Å². The Hall–Kier alpha value is 0.205. The largest absolute Gasteiger partial charge is 0.457 e. The van der Waals surface area contributed by atoms with E-state index in [2.05, 4.69) is 0 Å². The van der Waals surface area contributed by atoms with Crippen molar-refractivity contribution in [3.05, 3.63) is 0 Å². The number of halogens is 2. The molecule has 2 nitrogen and oxygen atoms in total. The summed E-state index contributed by atoms with van der Waals surface area (Å²) in [5, 5.41) is 17.0. The van der Waals surface area contributed by atoms with Gasteiger partial charge in [0.05, 0.1) is 0 Å². The first-order chi connectivity index (χ1) is 4.59. The first-order valence-electron chi connectivity index (χ1n) is 3.15. The summed E-state index contributed by atoms with van der Waals surface area (Å²) in [5.74, 6) is -0.545. The van der Waals surface area contributed by atoms with E-state index in [9.17, 15) is 4.39 Å². The quantitative estimate of drug-likeness (QED) is 0.482. The lowest BCUT2D eigenvalue weighted by atomic mass is 9.71. The van der Waals surface area contributed by atoms with Crippen molar-refractivity contribution >= 4 is 18.7 Å². The molecule has 0 fully saturated rings.